The van der Waals surface area contributed by atoms with Crippen molar-refractivity contribution >= 4 is 34.9 Å². The molecule has 0 unspecified atom stereocenters. The van der Waals surface area contributed by atoms with E-state index >= 15 is 0 Å². The van der Waals surface area contributed by atoms with Crippen LogP contribution in [-0.4, -0.2) is 58.7 Å². The van der Waals surface area contributed by atoms with Crippen molar-refractivity contribution in [2.45, 2.75) is 25.9 Å². The maximum absolute atomic E-state index is 12.5. The first kappa shape index (κ1) is 19.6. The van der Waals surface area contributed by atoms with E-state index in [4.69, 9.17) is 0 Å². The number of carbonyl (C=O) groups excluding carboxylic acids is 3. The second kappa shape index (κ2) is 8.75. The SMILES string of the molecule is O=C(Nc1ccc(CN2C(=O)CCC2=O)cc1)N1CCN(Cc2cccs2)CC1. The molecule has 4 rings (SSSR count). The van der Waals surface area contributed by atoms with Crippen LogP contribution in [0.25, 0.3) is 0 Å². The first-order valence-corrected chi connectivity index (χ1v) is 10.7. The highest BCUT2D eigenvalue weighted by atomic mass is 32.1. The molecule has 1 aromatic heterocycles. The van der Waals surface area contributed by atoms with Crippen molar-refractivity contribution in [2.24, 2.45) is 0 Å². The van der Waals surface area contributed by atoms with Gasteiger partial charge in [0, 0.05) is 56.1 Å². The number of hydrogen-bond acceptors (Lipinski definition) is 5. The molecule has 29 heavy (non-hydrogen) atoms. The van der Waals surface area contributed by atoms with Crippen molar-refractivity contribution in [3.05, 3.63) is 52.2 Å². The monoisotopic (exact) mass is 412 g/mol. The largest absolute Gasteiger partial charge is 0.322 e. The smallest absolute Gasteiger partial charge is 0.321 e. The van der Waals surface area contributed by atoms with E-state index in [1.807, 2.05) is 29.2 Å². The number of piperazine rings is 1. The third-order valence-corrected chi connectivity index (χ3v) is 6.18. The number of benzene rings is 1. The summed E-state index contributed by atoms with van der Waals surface area (Å²) in [5.74, 6) is -0.240. The minimum Gasteiger partial charge on any atom is -0.322 e. The van der Waals surface area contributed by atoms with Crippen molar-refractivity contribution in [3.8, 4) is 0 Å². The highest BCUT2D eigenvalue weighted by Crippen LogP contribution is 2.18. The summed E-state index contributed by atoms with van der Waals surface area (Å²) in [5, 5.41) is 5.02. The van der Waals surface area contributed by atoms with E-state index in [0.717, 1.165) is 25.2 Å². The van der Waals surface area contributed by atoms with Crippen LogP contribution >= 0.6 is 11.3 Å². The molecule has 0 bridgehead atoms. The zero-order valence-corrected chi connectivity index (χ0v) is 17.0. The summed E-state index contributed by atoms with van der Waals surface area (Å²) in [7, 11) is 0. The van der Waals surface area contributed by atoms with E-state index in [-0.39, 0.29) is 24.4 Å². The van der Waals surface area contributed by atoms with E-state index in [9.17, 15) is 14.4 Å². The number of hydrogen-bond donors (Lipinski definition) is 1. The number of thiophene rings is 1. The molecule has 1 N–H and O–H groups in total. The summed E-state index contributed by atoms with van der Waals surface area (Å²) in [6.45, 7) is 4.36. The molecule has 0 spiro atoms. The first-order chi connectivity index (χ1) is 14.1. The van der Waals surface area contributed by atoms with E-state index in [1.165, 1.54) is 9.78 Å². The number of carbonyl (C=O) groups is 3. The lowest BCUT2D eigenvalue weighted by molar-refractivity contribution is -0.139. The van der Waals surface area contributed by atoms with Crippen LogP contribution in [0.2, 0.25) is 0 Å². The quantitative estimate of drug-likeness (QED) is 0.767. The van der Waals surface area contributed by atoms with Gasteiger partial charge >= 0.3 is 6.03 Å². The number of urea groups is 1. The Morgan fingerprint density at radius 3 is 2.24 bits per heavy atom. The summed E-state index contributed by atoms with van der Waals surface area (Å²) >= 11 is 1.76. The Labute approximate surface area is 173 Å². The fourth-order valence-electron chi connectivity index (χ4n) is 3.61. The van der Waals surface area contributed by atoms with Crippen molar-refractivity contribution in [2.75, 3.05) is 31.5 Å². The van der Waals surface area contributed by atoms with Crippen molar-refractivity contribution in [1.82, 2.24) is 14.7 Å². The van der Waals surface area contributed by atoms with Gasteiger partial charge in [0.15, 0.2) is 0 Å². The van der Waals surface area contributed by atoms with Crippen LogP contribution in [0.5, 0.6) is 0 Å². The number of anilines is 1. The predicted octanol–water partition coefficient (Wildman–Crippen LogP) is 2.75. The highest BCUT2D eigenvalue weighted by molar-refractivity contribution is 7.09. The van der Waals surface area contributed by atoms with Gasteiger partial charge in [-0.25, -0.2) is 4.79 Å². The molecule has 0 saturated carbocycles. The molecule has 0 atom stereocenters. The molecule has 2 fully saturated rings. The Hall–Kier alpha value is -2.71. The number of amides is 4. The second-order valence-electron chi connectivity index (χ2n) is 7.34. The summed E-state index contributed by atoms with van der Waals surface area (Å²) < 4.78 is 0. The summed E-state index contributed by atoms with van der Waals surface area (Å²) in [4.78, 5) is 42.8. The second-order valence-corrected chi connectivity index (χ2v) is 8.38. The molecule has 2 aromatic rings. The molecule has 4 amide bonds. The molecule has 0 radical (unpaired) electrons. The molecular weight excluding hydrogens is 388 g/mol. The molecule has 2 aliphatic heterocycles. The molecule has 152 valence electrons. The molecule has 1 aromatic carbocycles. The average Bonchev–Trinajstić information content (AvgIpc) is 3.35. The lowest BCUT2D eigenvalue weighted by Crippen LogP contribution is -2.49. The molecule has 3 heterocycles. The molecular formula is C21H24N4O3S. The summed E-state index contributed by atoms with van der Waals surface area (Å²) in [6.07, 6.45) is 0.598. The van der Waals surface area contributed by atoms with Gasteiger partial charge in [0.2, 0.25) is 11.8 Å². The van der Waals surface area contributed by atoms with Gasteiger partial charge in [-0.2, -0.15) is 0 Å². The standard InChI is InChI=1S/C21H24N4O3S/c26-19-7-8-20(27)25(19)14-16-3-5-17(6-4-16)22-21(28)24-11-9-23(10-12-24)15-18-2-1-13-29-18/h1-6,13H,7-12,14-15H2,(H,22,28). The lowest BCUT2D eigenvalue weighted by Gasteiger charge is -2.34. The molecule has 7 nitrogen and oxygen atoms in total. The number of nitrogens with one attached hydrogen (secondary N) is 1. The predicted molar refractivity (Wildman–Crippen MR) is 111 cm³/mol. The van der Waals surface area contributed by atoms with Gasteiger partial charge in [-0.05, 0) is 29.1 Å². The van der Waals surface area contributed by atoms with Crippen LogP contribution in [0.1, 0.15) is 23.3 Å². The van der Waals surface area contributed by atoms with Gasteiger partial charge in [-0.1, -0.05) is 18.2 Å². The Balaban J connectivity index is 1.25. The van der Waals surface area contributed by atoms with Gasteiger partial charge in [0.05, 0.1) is 6.54 Å². The van der Waals surface area contributed by atoms with E-state index < -0.39 is 0 Å². The maximum atomic E-state index is 12.5. The van der Waals surface area contributed by atoms with Gasteiger partial charge in [-0.3, -0.25) is 19.4 Å². The molecule has 2 aliphatic rings. The van der Waals surface area contributed by atoms with Gasteiger partial charge < -0.3 is 10.2 Å². The Bertz CT molecular complexity index is 858. The van der Waals surface area contributed by atoms with Crippen LogP contribution in [0.15, 0.2) is 41.8 Å². The minimum absolute atomic E-state index is 0.0987. The fourth-order valence-corrected chi connectivity index (χ4v) is 4.36. The summed E-state index contributed by atoms with van der Waals surface area (Å²) in [5.41, 5.74) is 1.58. The fraction of sp³-hybridized carbons (Fsp3) is 0.381. The van der Waals surface area contributed by atoms with Crippen LogP contribution in [-0.2, 0) is 22.7 Å². The normalized spacial score (nSPS) is 17.8. The number of rotatable bonds is 5. The Kier molecular flexibility index (Phi) is 5.92. The minimum atomic E-state index is -0.120. The van der Waals surface area contributed by atoms with Crippen molar-refractivity contribution in [3.63, 3.8) is 0 Å². The van der Waals surface area contributed by atoms with E-state index in [2.05, 4.69) is 27.7 Å². The van der Waals surface area contributed by atoms with Crippen LogP contribution in [0, 0.1) is 0 Å². The van der Waals surface area contributed by atoms with Crippen LogP contribution in [0.4, 0.5) is 10.5 Å². The van der Waals surface area contributed by atoms with Crippen LogP contribution in [0.3, 0.4) is 0 Å². The molecule has 8 heteroatoms. The number of likely N-dealkylation sites (tertiary alicyclic amines) is 1. The number of nitrogens with zero attached hydrogens (tertiary/aromatic N) is 3. The van der Waals surface area contributed by atoms with Crippen molar-refractivity contribution in [1.29, 1.82) is 0 Å². The third kappa shape index (κ3) is 4.83. The van der Waals surface area contributed by atoms with Gasteiger partial charge in [0.25, 0.3) is 0 Å². The zero-order chi connectivity index (χ0) is 20.2. The van der Waals surface area contributed by atoms with Gasteiger partial charge in [0.1, 0.15) is 0 Å². The zero-order valence-electron chi connectivity index (χ0n) is 16.2. The van der Waals surface area contributed by atoms with Crippen molar-refractivity contribution < 1.29 is 14.4 Å². The highest BCUT2D eigenvalue weighted by Gasteiger charge is 2.28. The molecule has 2 saturated heterocycles. The number of imide groups is 1. The average molecular weight is 413 g/mol. The third-order valence-electron chi connectivity index (χ3n) is 5.32. The Morgan fingerprint density at radius 2 is 1.62 bits per heavy atom. The van der Waals surface area contributed by atoms with Gasteiger partial charge in [-0.15, -0.1) is 11.3 Å². The lowest BCUT2D eigenvalue weighted by atomic mass is 10.2. The first-order valence-electron chi connectivity index (χ1n) is 9.81. The topological polar surface area (TPSA) is 73.0 Å². The summed E-state index contributed by atoms with van der Waals surface area (Å²) in [6, 6.07) is 11.4. The van der Waals surface area contributed by atoms with E-state index in [0.29, 0.717) is 31.6 Å². The molecule has 0 aliphatic carbocycles. The van der Waals surface area contributed by atoms with E-state index in [1.54, 1.807) is 11.3 Å². The van der Waals surface area contributed by atoms with Crippen LogP contribution < -0.4 is 5.32 Å². The Morgan fingerprint density at radius 1 is 0.931 bits per heavy atom. The maximum Gasteiger partial charge on any atom is 0.321 e.